The van der Waals surface area contributed by atoms with Crippen molar-refractivity contribution >= 4 is 7.60 Å². The quantitative estimate of drug-likeness (QED) is 0.826. The Labute approximate surface area is 122 Å². The Kier molecular flexibility index (Phi) is 5.12. The third-order valence-electron chi connectivity index (χ3n) is 2.75. The van der Waals surface area contributed by atoms with Crippen LogP contribution in [0.1, 0.15) is 11.1 Å². The van der Waals surface area contributed by atoms with Gasteiger partial charge in [-0.15, -0.1) is 0 Å². The van der Waals surface area contributed by atoms with Crippen molar-refractivity contribution in [1.82, 2.24) is 0 Å². The van der Waals surface area contributed by atoms with Crippen molar-refractivity contribution in [2.75, 3.05) is 6.66 Å². The number of rotatable bonds is 6. The number of halogens is 1. The van der Waals surface area contributed by atoms with E-state index in [0.29, 0.717) is 5.56 Å². The Hall–Kier alpha value is -1.68. The fourth-order valence-corrected chi connectivity index (χ4v) is 2.63. The lowest BCUT2D eigenvalue weighted by molar-refractivity contribution is 0.257. The van der Waals surface area contributed by atoms with E-state index in [-0.39, 0.29) is 19.0 Å². The summed E-state index contributed by atoms with van der Waals surface area (Å²) < 4.78 is 36.3. The summed E-state index contributed by atoms with van der Waals surface area (Å²) in [5.74, 6) is -0.849. The second-order valence-electron chi connectivity index (χ2n) is 4.54. The second-order valence-corrected chi connectivity index (χ2v) is 6.53. The van der Waals surface area contributed by atoms with Crippen LogP contribution in [-0.2, 0) is 22.3 Å². The average Bonchev–Trinajstić information content (AvgIpc) is 2.48. The zero-order chi connectivity index (χ0) is 15.3. The predicted molar refractivity (Wildman–Crippen MR) is 77.7 cm³/mol. The molecule has 1 unspecified atom stereocenters. The molecule has 2 aromatic carbocycles. The van der Waals surface area contributed by atoms with Gasteiger partial charge in [0.05, 0.1) is 13.2 Å². The van der Waals surface area contributed by atoms with Gasteiger partial charge in [0.1, 0.15) is 0 Å². The largest absolute Gasteiger partial charge is 0.421 e. The minimum atomic E-state index is -3.43. The van der Waals surface area contributed by atoms with Gasteiger partial charge in [0.2, 0.25) is 0 Å². The monoisotopic (exact) mass is 310 g/mol. The van der Waals surface area contributed by atoms with E-state index >= 15 is 0 Å². The van der Waals surface area contributed by atoms with Gasteiger partial charge in [0, 0.05) is 6.66 Å². The minimum absolute atomic E-state index is 0.116. The molecular formula is C15H16FO4P. The Balaban J connectivity index is 2.02. The van der Waals surface area contributed by atoms with E-state index in [1.165, 1.54) is 18.8 Å². The highest BCUT2D eigenvalue weighted by atomic mass is 31.2. The molecule has 0 aliphatic heterocycles. The highest BCUT2D eigenvalue weighted by Crippen LogP contribution is 2.45. The molecule has 0 heterocycles. The van der Waals surface area contributed by atoms with Gasteiger partial charge in [-0.1, -0.05) is 36.4 Å². The fraction of sp³-hybridized carbons (Fsp3) is 0.200. The molecule has 0 saturated carbocycles. The van der Waals surface area contributed by atoms with E-state index in [0.717, 1.165) is 11.6 Å². The van der Waals surface area contributed by atoms with Crippen molar-refractivity contribution in [3.63, 3.8) is 0 Å². The van der Waals surface area contributed by atoms with Gasteiger partial charge in [0.25, 0.3) is 0 Å². The maximum atomic E-state index is 13.7. The van der Waals surface area contributed by atoms with Crippen LogP contribution in [0.15, 0.2) is 48.5 Å². The van der Waals surface area contributed by atoms with Crippen molar-refractivity contribution in [1.29, 1.82) is 0 Å². The summed E-state index contributed by atoms with van der Waals surface area (Å²) in [4.78, 5) is 0. The van der Waals surface area contributed by atoms with Gasteiger partial charge in [-0.05, 0) is 23.3 Å². The first-order valence-corrected chi connectivity index (χ1v) is 8.34. The molecule has 0 fully saturated rings. The zero-order valence-electron chi connectivity index (χ0n) is 11.5. The van der Waals surface area contributed by atoms with Gasteiger partial charge in [-0.3, -0.25) is 4.52 Å². The maximum Gasteiger partial charge on any atom is 0.376 e. The molecule has 0 spiro atoms. The normalized spacial score (nSPS) is 13.7. The summed E-state index contributed by atoms with van der Waals surface area (Å²) in [7, 11) is -3.43. The van der Waals surface area contributed by atoms with Crippen molar-refractivity contribution in [3.8, 4) is 5.75 Å². The Bertz CT molecular complexity index is 645. The van der Waals surface area contributed by atoms with Gasteiger partial charge in [-0.25, -0.2) is 8.96 Å². The molecule has 0 saturated heterocycles. The molecule has 6 heteroatoms. The lowest BCUT2D eigenvalue weighted by atomic mass is 10.2. The third kappa shape index (κ3) is 4.67. The number of benzene rings is 2. The van der Waals surface area contributed by atoms with E-state index in [9.17, 15) is 8.96 Å². The van der Waals surface area contributed by atoms with Crippen LogP contribution in [0.3, 0.4) is 0 Å². The smallest absolute Gasteiger partial charge is 0.376 e. The summed E-state index contributed by atoms with van der Waals surface area (Å²) >= 11 is 0. The van der Waals surface area contributed by atoms with Crippen LogP contribution >= 0.6 is 7.60 Å². The molecule has 0 aliphatic carbocycles. The van der Waals surface area contributed by atoms with Gasteiger partial charge in [0.15, 0.2) is 11.6 Å². The van der Waals surface area contributed by atoms with Crippen molar-refractivity contribution in [2.45, 2.75) is 13.2 Å². The minimum Gasteiger partial charge on any atom is -0.421 e. The van der Waals surface area contributed by atoms with Crippen LogP contribution in [0.2, 0.25) is 0 Å². The van der Waals surface area contributed by atoms with E-state index in [4.69, 9.17) is 14.2 Å². The van der Waals surface area contributed by atoms with Crippen LogP contribution < -0.4 is 4.52 Å². The molecule has 0 amide bonds. The SMILES string of the molecule is CP(=O)(OCc1ccccc1)Oc1ccc(CO)cc1F. The predicted octanol–water partition coefficient (Wildman–Crippen LogP) is 3.74. The molecule has 0 radical (unpaired) electrons. The van der Waals surface area contributed by atoms with Gasteiger partial charge in [-0.2, -0.15) is 0 Å². The fourth-order valence-electron chi connectivity index (χ4n) is 1.69. The van der Waals surface area contributed by atoms with Crippen LogP contribution in [0.25, 0.3) is 0 Å². The zero-order valence-corrected chi connectivity index (χ0v) is 12.4. The van der Waals surface area contributed by atoms with E-state index < -0.39 is 13.4 Å². The second kappa shape index (κ2) is 6.85. The van der Waals surface area contributed by atoms with Crippen molar-refractivity contribution in [3.05, 3.63) is 65.5 Å². The Morgan fingerprint density at radius 3 is 2.48 bits per heavy atom. The highest BCUT2D eigenvalue weighted by molar-refractivity contribution is 7.53. The average molecular weight is 310 g/mol. The summed E-state index contributed by atoms with van der Waals surface area (Å²) in [6.45, 7) is 1.13. The van der Waals surface area contributed by atoms with Crippen LogP contribution in [0.5, 0.6) is 5.75 Å². The van der Waals surface area contributed by atoms with Crippen LogP contribution in [-0.4, -0.2) is 11.8 Å². The van der Waals surface area contributed by atoms with Crippen LogP contribution in [0.4, 0.5) is 4.39 Å². The molecule has 1 N–H and O–H groups in total. The van der Waals surface area contributed by atoms with E-state index in [1.807, 2.05) is 30.3 Å². The first-order valence-electron chi connectivity index (χ1n) is 6.35. The van der Waals surface area contributed by atoms with Crippen LogP contribution in [0, 0.1) is 5.82 Å². The van der Waals surface area contributed by atoms with Crippen molar-refractivity contribution in [2.24, 2.45) is 0 Å². The Morgan fingerprint density at radius 2 is 1.86 bits per heavy atom. The number of aliphatic hydroxyl groups excluding tert-OH is 1. The molecular weight excluding hydrogens is 294 g/mol. The summed E-state index contributed by atoms with van der Waals surface area (Å²) in [5, 5.41) is 8.91. The molecule has 2 aromatic rings. The summed E-state index contributed by atoms with van der Waals surface area (Å²) in [6, 6.07) is 13.2. The first-order chi connectivity index (χ1) is 10.00. The van der Waals surface area contributed by atoms with E-state index in [2.05, 4.69) is 0 Å². The molecule has 112 valence electrons. The molecule has 1 atom stereocenters. The van der Waals surface area contributed by atoms with Gasteiger partial charge >= 0.3 is 7.60 Å². The first kappa shape index (κ1) is 15.7. The standard InChI is InChI=1S/C15H16FO4P/c1-21(18,19-11-12-5-3-2-4-6-12)20-15-8-7-13(10-17)9-14(15)16/h2-9,17H,10-11H2,1H3. The molecule has 21 heavy (non-hydrogen) atoms. The van der Waals surface area contributed by atoms with E-state index in [1.54, 1.807) is 0 Å². The van der Waals surface area contributed by atoms with Gasteiger partial charge < -0.3 is 9.63 Å². The van der Waals surface area contributed by atoms with Crippen molar-refractivity contribution < 1.29 is 23.1 Å². The molecule has 0 aliphatic rings. The topological polar surface area (TPSA) is 55.8 Å². The third-order valence-corrected chi connectivity index (χ3v) is 3.88. The highest BCUT2D eigenvalue weighted by Gasteiger charge is 2.21. The number of hydrogen-bond donors (Lipinski definition) is 1. The molecule has 4 nitrogen and oxygen atoms in total. The summed E-state index contributed by atoms with van der Waals surface area (Å²) in [5.41, 5.74) is 1.26. The summed E-state index contributed by atoms with van der Waals surface area (Å²) in [6.07, 6.45) is 0. The number of aliphatic hydroxyl groups is 1. The molecule has 2 rings (SSSR count). The lowest BCUT2D eigenvalue weighted by Gasteiger charge is -2.16. The maximum absolute atomic E-state index is 13.7. The lowest BCUT2D eigenvalue weighted by Crippen LogP contribution is -1.99. The molecule has 0 bridgehead atoms. The Morgan fingerprint density at radius 1 is 1.14 bits per heavy atom. The molecule has 0 aromatic heterocycles. The number of hydrogen-bond acceptors (Lipinski definition) is 4.